The summed E-state index contributed by atoms with van der Waals surface area (Å²) in [7, 11) is 4.31. The monoisotopic (exact) mass is 212 g/mol. The average Bonchev–Trinajstić information content (AvgIpc) is 2.14. The molecule has 15 heavy (non-hydrogen) atoms. The van der Waals surface area contributed by atoms with Crippen LogP contribution in [0.1, 0.15) is 33.6 Å². The number of hydrogen-bond donors (Lipinski definition) is 0. The normalized spacial score (nSPS) is 21.2. The Morgan fingerprint density at radius 2 is 1.67 bits per heavy atom. The second-order valence-electron chi connectivity index (χ2n) is 6.29. The van der Waals surface area contributed by atoms with Crippen molar-refractivity contribution in [3.05, 3.63) is 0 Å². The first-order valence-corrected chi connectivity index (χ1v) is 6.26. The number of piperidine rings is 1. The van der Waals surface area contributed by atoms with Gasteiger partial charge in [0, 0.05) is 13.1 Å². The minimum atomic E-state index is 0.508. The molecule has 1 rings (SSSR count). The number of likely N-dealkylation sites (tertiary alicyclic amines) is 1. The summed E-state index contributed by atoms with van der Waals surface area (Å²) < 4.78 is 0. The van der Waals surface area contributed by atoms with Crippen molar-refractivity contribution >= 4 is 0 Å². The number of hydrogen-bond acceptors (Lipinski definition) is 2. The molecule has 2 nitrogen and oxygen atoms in total. The van der Waals surface area contributed by atoms with Crippen molar-refractivity contribution in [1.29, 1.82) is 0 Å². The number of nitrogens with zero attached hydrogens (tertiary/aromatic N) is 2. The third-order valence-electron chi connectivity index (χ3n) is 3.68. The molecule has 1 aliphatic heterocycles. The Balaban J connectivity index is 2.24. The van der Waals surface area contributed by atoms with Gasteiger partial charge in [-0.3, -0.25) is 0 Å². The molecule has 0 aliphatic carbocycles. The van der Waals surface area contributed by atoms with E-state index in [4.69, 9.17) is 0 Å². The fourth-order valence-corrected chi connectivity index (χ4v) is 2.36. The van der Waals surface area contributed by atoms with Crippen LogP contribution in [0.3, 0.4) is 0 Å². The molecule has 0 aromatic heterocycles. The summed E-state index contributed by atoms with van der Waals surface area (Å²) in [5.41, 5.74) is 0.508. The molecule has 0 amide bonds. The highest BCUT2D eigenvalue weighted by atomic mass is 15.2. The van der Waals surface area contributed by atoms with Crippen LogP contribution in [0.15, 0.2) is 0 Å². The Labute approximate surface area is 95.6 Å². The second kappa shape index (κ2) is 5.31. The van der Waals surface area contributed by atoms with E-state index in [9.17, 15) is 0 Å². The van der Waals surface area contributed by atoms with Gasteiger partial charge in [0.15, 0.2) is 0 Å². The van der Waals surface area contributed by atoms with E-state index in [1.54, 1.807) is 0 Å². The van der Waals surface area contributed by atoms with Crippen molar-refractivity contribution < 1.29 is 0 Å². The van der Waals surface area contributed by atoms with Gasteiger partial charge in [0.2, 0.25) is 0 Å². The summed E-state index contributed by atoms with van der Waals surface area (Å²) in [6, 6.07) is 0. The lowest BCUT2D eigenvalue weighted by Crippen LogP contribution is -2.40. The van der Waals surface area contributed by atoms with Gasteiger partial charge >= 0.3 is 0 Å². The van der Waals surface area contributed by atoms with Crippen LogP contribution in [0.25, 0.3) is 0 Å². The minimum Gasteiger partial charge on any atom is -0.308 e. The Morgan fingerprint density at radius 1 is 1.13 bits per heavy atom. The highest BCUT2D eigenvalue weighted by Crippen LogP contribution is 2.33. The van der Waals surface area contributed by atoms with Gasteiger partial charge in [0.05, 0.1) is 0 Å². The fourth-order valence-electron chi connectivity index (χ4n) is 2.36. The topological polar surface area (TPSA) is 6.48 Å². The number of likely N-dealkylation sites (N-methyl/N-ethyl adjacent to an activating group) is 1. The largest absolute Gasteiger partial charge is 0.308 e. The third kappa shape index (κ3) is 4.52. The number of rotatable bonds is 3. The van der Waals surface area contributed by atoms with E-state index in [0.717, 1.165) is 5.92 Å². The van der Waals surface area contributed by atoms with E-state index < -0.39 is 0 Å². The maximum atomic E-state index is 2.61. The van der Waals surface area contributed by atoms with Crippen molar-refractivity contribution in [2.45, 2.75) is 33.6 Å². The predicted molar refractivity (Wildman–Crippen MR) is 67.2 cm³/mol. The zero-order chi connectivity index (χ0) is 11.5. The summed E-state index contributed by atoms with van der Waals surface area (Å²) in [5, 5.41) is 0. The van der Waals surface area contributed by atoms with Crippen LogP contribution in [-0.4, -0.2) is 50.1 Å². The minimum absolute atomic E-state index is 0.508. The predicted octanol–water partition coefficient (Wildman–Crippen LogP) is 2.31. The molecule has 1 fully saturated rings. The Bertz CT molecular complexity index is 173. The van der Waals surface area contributed by atoms with Gasteiger partial charge in [-0.15, -0.1) is 0 Å². The highest BCUT2D eigenvalue weighted by molar-refractivity contribution is 4.80. The highest BCUT2D eigenvalue weighted by Gasteiger charge is 2.28. The second-order valence-corrected chi connectivity index (χ2v) is 6.29. The van der Waals surface area contributed by atoms with Crippen LogP contribution in [0.2, 0.25) is 0 Å². The summed E-state index contributed by atoms with van der Waals surface area (Å²) >= 11 is 0. The van der Waals surface area contributed by atoms with Crippen molar-refractivity contribution in [2.75, 3.05) is 40.3 Å². The molecule has 1 aliphatic rings. The average molecular weight is 212 g/mol. The Morgan fingerprint density at radius 3 is 2.07 bits per heavy atom. The molecule has 0 radical (unpaired) electrons. The van der Waals surface area contributed by atoms with Crippen molar-refractivity contribution in [3.8, 4) is 0 Å². The van der Waals surface area contributed by atoms with Crippen LogP contribution in [0, 0.1) is 11.3 Å². The van der Waals surface area contributed by atoms with E-state index in [1.807, 2.05) is 0 Å². The zero-order valence-electron chi connectivity index (χ0n) is 11.2. The SMILES string of the molecule is CN(C)CCN1CCC(C(C)(C)C)CC1. The van der Waals surface area contributed by atoms with Crippen LogP contribution >= 0.6 is 0 Å². The Hall–Kier alpha value is -0.0800. The summed E-state index contributed by atoms with van der Waals surface area (Å²) in [4.78, 5) is 4.89. The van der Waals surface area contributed by atoms with Crippen LogP contribution < -0.4 is 0 Å². The molecule has 0 unspecified atom stereocenters. The quantitative estimate of drug-likeness (QED) is 0.708. The summed E-state index contributed by atoms with van der Waals surface area (Å²) in [6.45, 7) is 12.2. The first kappa shape index (κ1) is 13.0. The van der Waals surface area contributed by atoms with E-state index >= 15 is 0 Å². The fraction of sp³-hybridized carbons (Fsp3) is 1.00. The molecule has 0 aromatic carbocycles. The van der Waals surface area contributed by atoms with Gasteiger partial charge < -0.3 is 9.80 Å². The maximum absolute atomic E-state index is 2.61. The van der Waals surface area contributed by atoms with Gasteiger partial charge in [-0.1, -0.05) is 20.8 Å². The van der Waals surface area contributed by atoms with Gasteiger partial charge in [-0.05, 0) is 51.4 Å². The molecule has 1 heterocycles. The van der Waals surface area contributed by atoms with E-state index in [1.165, 1.54) is 39.0 Å². The van der Waals surface area contributed by atoms with Gasteiger partial charge in [0.1, 0.15) is 0 Å². The molecule has 1 saturated heterocycles. The lowest BCUT2D eigenvalue weighted by molar-refractivity contribution is 0.107. The third-order valence-corrected chi connectivity index (χ3v) is 3.68. The maximum Gasteiger partial charge on any atom is 0.0109 e. The molecule has 0 N–H and O–H groups in total. The zero-order valence-corrected chi connectivity index (χ0v) is 11.2. The lowest BCUT2D eigenvalue weighted by Gasteiger charge is -2.39. The summed E-state index contributed by atoms with van der Waals surface area (Å²) in [6.07, 6.45) is 2.77. The molecule has 2 heteroatoms. The lowest BCUT2D eigenvalue weighted by atomic mass is 9.75. The first-order chi connectivity index (χ1) is 6.89. The van der Waals surface area contributed by atoms with E-state index in [-0.39, 0.29) is 0 Å². The Kier molecular flexibility index (Phi) is 4.60. The van der Waals surface area contributed by atoms with Crippen LogP contribution in [-0.2, 0) is 0 Å². The smallest absolute Gasteiger partial charge is 0.0109 e. The molecular formula is C13H28N2. The van der Waals surface area contributed by atoms with Crippen LogP contribution in [0.5, 0.6) is 0 Å². The van der Waals surface area contributed by atoms with Gasteiger partial charge in [-0.2, -0.15) is 0 Å². The summed E-state index contributed by atoms with van der Waals surface area (Å²) in [5.74, 6) is 0.924. The van der Waals surface area contributed by atoms with Crippen LogP contribution in [0.4, 0.5) is 0 Å². The molecule has 0 atom stereocenters. The molecule has 0 aromatic rings. The van der Waals surface area contributed by atoms with Gasteiger partial charge in [0.25, 0.3) is 0 Å². The van der Waals surface area contributed by atoms with Crippen molar-refractivity contribution in [1.82, 2.24) is 9.80 Å². The molecule has 0 bridgehead atoms. The van der Waals surface area contributed by atoms with E-state index in [2.05, 4.69) is 44.7 Å². The van der Waals surface area contributed by atoms with Crippen molar-refractivity contribution in [2.24, 2.45) is 11.3 Å². The molecule has 0 saturated carbocycles. The first-order valence-electron chi connectivity index (χ1n) is 6.26. The molecular weight excluding hydrogens is 184 g/mol. The standard InChI is InChI=1S/C13H28N2/c1-13(2,3)12-6-8-15(9-7-12)11-10-14(4)5/h12H,6-11H2,1-5H3. The molecule has 0 spiro atoms. The van der Waals surface area contributed by atoms with E-state index in [0.29, 0.717) is 5.41 Å². The van der Waals surface area contributed by atoms with Gasteiger partial charge in [-0.25, -0.2) is 0 Å². The van der Waals surface area contributed by atoms with Crippen molar-refractivity contribution in [3.63, 3.8) is 0 Å². The molecule has 90 valence electrons.